The normalized spacial score (nSPS) is 11.4. The van der Waals surface area contributed by atoms with E-state index < -0.39 is 6.67 Å². The third kappa shape index (κ3) is 2.55. The summed E-state index contributed by atoms with van der Waals surface area (Å²) in [6.45, 7) is -0.449. The minimum absolute atomic E-state index is 0.0583. The first-order chi connectivity index (χ1) is 11.2. The predicted molar refractivity (Wildman–Crippen MR) is 87.4 cm³/mol. The molecule has 4 aromatic rings. The van der Waals surface area contributed by atoms with Gasteiger partial charge in [0.1, 0.15) is 24.8 Å². The van der Waals surface area contributed by atoms with Gasteiger partial charge in [-0.25, -0.2) is 13.8 Å². The fourth-order valence-corrected chi connectivity index (χ4v) is 3.52. The Balaban J connectivity index is 1.76. The number of ether oxygens (including phenoxy) is 1. The van der Waals surface area contributed by atoms with E-state index in [1.807, 2.05) is 28.8 Å². The van der Waals surface area contributed by atoms with Gasteiger partial charge in [-0.2, -0.15) is 0 Å². The Labute approximate surface area is 134 Å². The largest absolute Gasteiger partial charge is 0.491 e. The van der Waals surface area contributed by atoms with Crippen LogP contribution in [0.15, 0.2) is 48.7 Å². The SMILES string of the molecule is FCCOc1ccc2c(c1)sc1nc(-c3ccc(F)cc3)cn12. The zero-order chi connectivity index (χ0) is 15.8. The van der Waals surface area contributed by atoms with E-state index >= 15 is 0 Å². The summed E-state index contributed by atoms with van der Waals surface area (Å²) in [5, 5.41) is 0. The smallest absolute Gasteiger partial charge is 0.195 e. The van der Waals surface area contributed by atoms with Gasteiger partial charge in [0, 0.05) is 11.8 Å². The Bertz CT molecular complexity index is 976. The van der Waals surface area contributed by atoms with Crippen LogP contribution in [-0.4, -0.2) is 22.7 Å². The van der Waals surface area contributed by atoms with E-state index in [1.54, 1.807) is 12.1 Å². The van der Waals surface area contributed by atoms with Crippen LogP contribution < -0.4 is 4.74 Å². The number of halogens is 2. The number of benzene rings is 2. The highest BCUT2D eigenvalue weighted by Gasteiger charge is 2.11. The van der Waals surface area contributed by atoms with Crippen molar-refractivity contribution in [2.75, 3.05) is 13.3 Å². The zero-order valence-electron chi connectivity index (χ0n) is 12.0. The summed E-state index contributed by atoms with van der Waals surface area (Å²) in [6.07, 6.45) is 1.93. The average Bonchev–Trinajstić information content (AvgIpc) is 3.10. The number of alkyl halides is 1. The number of nitrogens with zero attached hydrogens (tertiary/aromatic N) is 2. The van der Waals surface area contributed by atoms with Gasteiger partial charge in [-0.1, -0.05) is 11.3 Å². The number of thiazole rings is 1. The second-order valence-corrected chi connectivity index (χ2v) is 6.06. The first-order valence-electron chi connectivity index (χ1n) is 7.11. The lowest BCUT2D eigenvalue weighted by Crippen LogP contribution is -1.98. The maximum Gasteiger partial charge on any atom is 0.195 e. The van der Waals surface area contributed by atoms with E-state index in [9.17, 15) is 8.78 Å². The zero-order valence-corrected chi connectivity index (χ0v) is 12.8. The van der Waals surface area contributed by atoms with Gasteiger partial charge >= 0.3 is 0 Å². The molecule has 0 spiro atoms. The van der Waals surface area contributed by atoms with Gasteiger partial charge in [-0.05, 0) is 42.5 Å². The molecule has 0 aliphatic rings. The summed E-state index contributed by atoms with van der Waals surface area (Å²) in [5.41, 5.74) is 2.69. The molecule has 0 saturated carbocycles. The molecule has 4 rings (SSSR count). The monoisotopic (exact) mass is 330 g/mol. The molecular weight excluding hydrogens is 318 g/mol. The summed E-state index contributed by atoms with van der Waals surface area (Å²) in [7, 11) is 0. The van der Waals surface area contributed by atoms with Gasteiger partial charge in [0.05, 0.1) is 15.9 Å². The van der Waals surface area contributed by atoms with Crippen molar-refractivity contribution in [1.82, 2.24) is 9.38 Å². The Morgan fingerprint density at radius 3 is 2.74 bits per heavy atom. The van der Waals surface area contributed by atoms with Gasteiger partial charge < -0.3 is 4.74 Å². The number of hydrogen-bond donors (Lipinski definition) is 0. The first-order valence-corrected chi connectivity index (χ1v) is 7.92. The molecule has 2 aromatic carbocycles. The molecule has 0 N–H and O–H groups in total. The molecule has 23 heavy (non-hydrogen) atoms. The molecule has 2 heterocycles. The van der Waals surface area contributed by atoms with Crippen molar-refractivity contribution < 1.29 is 13.5 Å². The van der Waals surface area contributed by atoms with E-state index in [1.165, 1.54) is 23.5 Å². The molecule has 2 aromatic heterocycles. The van der Waals surface area contributed by atoms with Crippen molar-refractivity contribution in [1.29, 1.82) is 0 Å². The Kier molecular flexibility index (Phi) is 3.46. The fourth-order valence-electron chi connectivity index (χ4n) is 2.49. The van der Waals surface area contributed by atoms with Crippen LogP contribution >= 0.6 is 11.3 Å². The van der Waals surface area contributed by atoms with Gasteiger partial charge in [-0.3, -0.25) is 4.40 Å². The van der Waals surface area contributed by atoms with E-state index in [-0.39, 0.29) is 12.4 Å². The van der Waals surface area contributed by atoms with Crippen molar-refractivity contribution >= 4 is 26.5 Å². The van der Waals surface area contributed by atoms with Gasteiger partial charge in [0.2, 0.25) is 0 Å². The van der Waals surface area contributed by atoms with Crippen LogP contribution in [0.3, 0.4) is 0 Å². The van der Waals surface area contributed by atoms with Crippen molar-refractivity contribution in [3.8, 4) is 17.0 Å². The molecule has 0 atom stereocenters. The predicted octanol–water partition coefficient (Wildman–Crippen LogP) is 4.70. The fraction of sp³-hybridized carbons (Fsp3) is 0.118. The third-order valence-electron chi connectivity index (χ3n) is 3.55. The Morgan fingerprint density at radius 2 is 1.96 bits per heavy atom. The number of imidazole rings is 1. The highest BCUT2D eigenvalue weighted by Crippen LogP contribution is 2.31. The van der Waals surface area contributed by atoms with Crippen molar-refractivity contribution in [2.45, 2.75) is 0 Å². The molecule has 0 bridgehead atoms. The molecule has 0 fully saturated rings. The summed E-state index contributed by atoms with van der Waals surface area (Å²) in [5.74, 6) is 0.388. The van der Waals surface area contributed by atoms with E-state index in [2.05, 4.69) is 4.98 Å². The maximum absolute atomic E-state index is 13.0. The van der Waals surface area contributed by atoms with Crippen LogP contribution in [0.25, 0.3) is 26.4 Å². The second kappa shape index (κ2) is 5.62. The number of fused-ring (bicyclic) bond motifs is 3. The molecule has 0 saturated heterocycles. The van der Waals surface area contributed by atoms with Crippen molar-refractivity contribution in [2.24, 2.45) is 0 Å². The summed E-state index contributed by atoms with van der Waals surface area (Å²) >= 11 is 1.53. The quantitative estimate of drug-likeness (QED) is 0.542. The average molecular weight is 330 g/mol. The molecule has 0 aliphatic carbocycles. The molecular formula is C17H12F2N2OS. The standard InChI is InChI=1S/C17H12F2N2OS/c18-7-8-22-13-5-6-15-16(9-13)23-17-20-14(10-21(15)17)11-1-3-12(19)4-2-11/h1-6,9-10H,7-8H2. The number of hydrogen-bond acceptors (Lipinski definition) is 3. The highest BCUT2D eigenvalue weighted by molar-refractivity contribution is 7.23. The van der Waals surface area contributed by atoms with Crippen LogP contribution in [-0.2, 0) is 0 Å². The van der Waals surface area contributed by atoms with Crippen LogP contribution in [0.2, 0.25) is 0 Å². The number of aromatic nitrogens is 2. The molecule has 0 radical (unpaired) electrons. The van der Waals surface area contributed by atoms with E-state index in [0.717, 1.165) is 26.4 Å². The van der Waals surface area contributed by atoms with E-state index in [0.29, 0.717) is 5.75 Å². The Morgan fingerprint density at radius 1 is 1.13 bits per heavy atom. The summed E-state index contributed by atoms with van der Waals surface area (Å²) < 4.78 is 33.5. The van der Waals surface area contributed by atoms with Gasteiger partial charge in [0.25, 0.3) is 0 Å². The minimum atomic E-state index is -0.507. The van der Waals surface area contributed by atoms with E-state index in [4.69, 9.17) is 4.74 Å². The lowest BCUT2D eigenvalue weighted by Gasteiger charge is -2.02. The molecule has 0 amide bonds. The van der Waals surface area contributed by atoms with Crippen LogP contribution in [0, 0.1) is 5.82 Å². The van der Waals surface area contributed by atoms with Crippen LogP contribution in [0.5, 0.6) is 5.75 Å². The molecule has 116 valence electrons. The van der Waals surface area contributed by atoms with Gasteiger partial charge in [0.15, 0.2) is 4.96 Å². The number of rotatable bonds is 4. The Hall–Kier alpha value is -2.47. The molecule has 3 nitrogen and oxygen atoms in total. The third-order valence-corrected chi connectivity index (χ3v) is 4.57. The lowest BCUT2D eigenvalue weighted by atomic mass is 10.2. The highest BCUT2D eigenvalue weighted by atomic mass is 32.1. The summed E-state index contributed by atoms with van der Waals surface area (Å²) in [6, 6.07) is 11.9. The van der Waals surface area contributed by atoms with Crippen LogP contribution in [0.4, 0.5) is 8.78 Å². The molecule has 0 unspecified atom stereocenters. The van der Waals surface area contributed by atoms with Crippen molar-refractivity contribution in [3.05, 3.63) is 54.5 Å². The topological polar surface area (TPSA) is 26.5 Å². The molecule has 6 heteroatoms. The minimum Gasteiger partial charge on any atom is -0.491 e. The van der Waals surface area contributed by atoms with Gasteiger partial charge in [-0.15, -0.1) is 0 Å². The van der Waals surface area contributed by atoms with Crippen LogP contribution in [0.1, 0.15) is 0 Å². The van der Waals surface area contributed by atoms with Crippen molar-refractivity contribution in [3.63, 3.8) is 0 Å². The lowest BCUT2D eigenvalue weighted by molar-refractivity contribution is 0.273. The summed E-state index contributed by atoms with van der Waals surface area (Å²) in [4.78, 5) is 5.45. The molecule has 0 aliphatic heterocycles. The first kappa shape index (κ1) is 14.1. The second-order valence-electron chi connectivity index (χ2n) is 5.05. The maximum atomic E-state index is 13.0.